The van der Waals surface area contributed by atoms with Crippen molar-refractivity contribution in [3.63, 3.8) is 0 Å². The Balaban J connectivity index is 2.33. The van der Waals surface area contributed by atoms with Crippen molar-refractivity contribution in [2.75, 3.05) is 0 Å². The van der Waals surface area contributed by atoms with Gasteiger partial charge in [-0.05, 0) is 42.7 Å². The fourth-order valence-electron chi connectivity index (χ4n) is 2.01. The van der Waals surface area contributed by atoms with Crippen LogP contribution in [0.15, 0.2) is 67.3 Å². The van der Waals surface area contributed by atoms with Crippen molar-refractivity contribution in [1.29, 1.82) is 0 Å². The van der Waals surface area contributed by atoms with Gasteiger partial charge in [-0.1, -0.05) is 48.2 Å². The molecule has 1 unspecified atom stereocenters. The molecule has 0 aliphatic rings. The quantitative estimate of drug-likeness (QED) is 0.662. The van der Waals surface area contributed by atoms with Crippen LogP contribution in [0.1, 0.15) is 24.0 Å². The van der Waals surface area contributed by atoms with Gasteiger partial charge in [0.15, 0.2) is 5.60 Å². The topological polar surface area (TPSA) is 20.2 Å². The van der Waals surface area contributed by atoms with Crippen molar-refractivity contribution in [3.8, 4) is 11.8 Å². The molecule has 0 fully saturated rings. The van der Waals surface area contributed by atoms with E-state index in [-0.39, 0.29) is 5.82 Å². The van der Waals surface area contributed by atoms with Gasteiger partial charge in [0.25, 0.3) is 0 Å². The lowest BCUT2D eigenvalue weighted by Gasteiger charge is -2.22. The standard InChI is InChI=1S/C19H17FO/c1-2-3-14-19(21,17-7-5-4-6-8-17)15-13-16-9-11-18(20)12-10-16/h2,4-12,21H,1,3,14H2. The van der Waals surface area contributed by atoms with Gasteiger partial charge >= 0.3 is 0 Å². The van der Waals surface area contributed by atoms with Crippen molar-refractivity contribution in [1.82, 2.24) is 0 Å². The number of hydrogen-bond acceptors (Lipinski definition) is 1. The number of benzene rings is 2. The van der Waals surface area contributed by atoms with Gasteiger partial charge in [0.1, 0.15) is 5.82 Å². The van der Waals surface area contributed by atoms with E-state index in [1.807, 2.05) is 30.3 Å². The molecule has 21 heavy (non-hydrogen) atoms. The number of rotatable bonds is 4. The molecule has 106 valence electrons. The van der Waals surface area contributed by atoms with E-state index in [0.29, 0.717) is 18.4 Å². The van der Waals surface area contributed by atoms with Crippen LogP contribution < -0.4 is 0 Å². The highest BCUT2D eigenvalue weighted by Gasteiger charge is 2.25. The summed E-state index contributed by atoms with van der Waals surface area (Å²) in [5.41, 5.74) is 0.190. The minimum absolute atomic E-state index is 0.300. The lowest BCUT2D eigenvalue weighted by atomic mass is 9.89. The van der Waals surface area contributed by atoms with Gasteiger partial charge in [-0.3, -0.25) is 0 Å². The normalized spacial score (nSPS) is 12.9. The van der Waals surface area contributed by atoms with E-state index >= 15 is 0 Å². The smallest absolute Gasteiger partial charge is 0.151 e. The molecule has 0 spiro atoms. The molecule has 0 saturated heterocycles. The molecule has 0 aliphatic heterocycles. The van der Waals surface area contributed by atoms with E-state index in [2.05, 4.69) is 18.4 Å². The average Bonchev–Trinajstić information content (AvgIpc) is 2.53. The first-order valence-corrected chi connectivity index (χ1v) is 6.81. The minimum atomic E-state index is -1.23. The Kier molecular flexibility index (Phi) is 4.92. The fraction of sp³-hybridized carbons (Fsp3) is 0.158. The molecule has 2 aromatic carbocycles. The van der Waals surface area contributed by atoms with Crippen LogP contribution in [-0.4, -0.2) is 5.11 Å². The third-order valence-electron chi connectivity index (χ3n) is 3.22. The first kappa shape index (κ1) is 15.0. The zero-order valence-electron chi connectivity index (χ0n) is 11.7. The van der Waals surface area contributed by atoms with Gasteiger partial charge in [-0.25, -0.2) is 4.39 Å². The molecule has 2 rings (SSSR count). The molecule has 1 atom stereocenters. The number of hydrogen-bond donors (Lipinski definition) is 1. The summed E-state index contributed by atoms with van der Waals surface area (Å²) < 4.78 is 12.9. The van der Waals surface area contributed by atoms with Gasteiger partial charge in [0, 0.05) is 5.56 Å². The summed E-state index contributed by atoms with van der Waals surface area (Å²) in [5.74, 6) is 5.54. The van der Waals surface area contributed by atoms with Crippen molar-refractivity contribution in [2.24, 2.45) is 0 Å². The molecule has 1 N–H and O–H groups in total. The average molecular weight is 280 g/mol. The number of allylic oxidation sites excluding steroid dienone is 1. The fourth-order valence-corrected chi connectivity index (χ4v) is 2.01. The molecule has 0 amide bonds. The van der Waals surface area contributed by atoms with Crippen LogP contribution in [0.25, 0.3) is 0 Å². The SMILES string of the molecule is C=CCCC(O)(C#Cc1ccc(F)cc1)c1ccccc1. The van der Waals surface area contributed by atoms with Crippen molar-refractivity contribution < 1.29 is 9.50 Å². The lowest BCUT2D eigenvalue weighted by Crippen LogP contribution is -2.23. The van der Waals surface area contributed by atoms with Crippen LogP contribution >= 0.6 is 0 Å². The monoisotopic (exact) mass is 280 g/mol. The van der Waals surface area contributed by atoms with Gasteiger partial charge in [-0.2, -0.15) is 0 Å². The summed E-state index contributed by atoms with van der Waals surface area (Å²) in [6, 6.07) is 15.2. The van der Waals surface area contributed by atoms with Crippen LogP contribution in [-0.2, 0) is 5.60 Å². The van der Waals surface area contributed by atoms with Crippen LogP contribution in [0.4, 0.5) is 4.39 Å². The van der Waals surface area contributed by atoms with E-state index in [1.165, 1.54) is 12.1 Å². The Labute approximate surface area is 124 Å². The van der Waals surface area contributed by atoms with Crippen LogP contribution in [0.5, 0.6) is 0 Å². The van der Waals surface area contributed by atoms with E-state index in [1.54, 1.807) is 18.2 Å². The third kappa shape index (κ3) is 4.05. The summed E-state index contributed by atoms with van der Waals surface area (Å²) in [6.07, 6.45) is 2.88. The lowest BCUT2D eigenvalue weighted by molar-refractivity contribution is 0.0914. The molecule has 2 aromatic rings. The first-order chi connectivity index (χ1) is 10.1. The summed E-state index contributed by atoms with van der Waals surface area (Å²) in [5, 5.41) is 10.8. The zero-order valence-corrected chi connectivity index (χ0v) is 11.7. The third-order valence-corrected chi connectivity index (χ3v) is 3.22. The Bertz CT molecular complexity index is 649. The van der Waals surface area contributed by atoms with E-state index < -0.39 is 5.60 Å². The van der Waals surface area contributed by atoms with Gasteiger partial charge < -0.3 is 5.11 Å². The molecule has 1 nitrogen and oxygen atoms in total. The molecule has 0 bridgehead atoms. The van der Waals surface area contributed by atoms with Crippen molar-refractivity contribution >= 4 is 0 Å². The van der Waals surface area contributed by atoms with Crippen LogP contribution in [0.3, 0.4) is 0 Å². The maximum atomic E-state index is 12.9. The predicted octanol–water partition coefficient (Wildman–Crippen LogP) is 4.03. The Morgan fingerprint density at radius 3 is 2.38 bits per heavy atom. The van der Waals surface area contributed by atoms with Crippen LogP contribution in [0, 0.1) is 17.7 Å². The molecule has 0 heterocycles. The molecule has 0 saturated carbocycles. The Hall–Kier alpha value is -2.37. The molecule has 0 aliphatic carbocycles. The second kappa shape index (κ2) is 6.88. The van der Waals surface area contributed by atoms with Gasteiger partial charge in [0.2, 0.25) is 0 Å². The number of aliphatic hydroxyl groups is 1. The molecule has 0 radical (unpaired) electrons. The first-order valence-electron chi connectivity index (χ1n) is 6.81. The van der Waals surface area contributed by atoms with Crippen LogP contribution in [0.2, 0.25) is 0 Å². The predicted molar refractivity (Wildman–Crippen MR) is 83.0 cm³/mol. The van der Waals surface area contributed by atoms with Gasteiger partial charge in [0.05, 0.1) is 0 Å². The molecular formula is C19H17FO. The highest BCUT2D eigenvalue weighted by atomic mass is 19.1. The van der Waals surface area contributed by atoms with E-state index in [0.717, 1.165) is 5.56 Å². The van der Waals surface area contributed by atoms with E-state index in [9.17, 15) is 9.50 Å². The number of halogens is 1. The largest absolute Gasteiger partial charge is 0.373 e. The summed E-state index contributed by atoms with van der Waals surface area (Å²) in [7, 11) is 0. The second-order valence-corrected chi connectivity index (χ2v) is 4.81. The highest BCUT2D eigenvalue weighted by molar-refractivity contribution is 5.40. The maximum Gasteiger partial charge on any atom is 0.151 e. The summed E-state index contributed by atoms with van der Waals surface area (Å²) >= 11 is 0. The Morgan fingerprint density at radius 2 is 1.76 bits per heavy atom. The Morgan fingerprint density at radius 1 is 1.10 bits per heavy atom. The summed E-state index contributed by atoms with van der Waals surface area (Å²) in [6.45, 7) is 3.68. The maximum absolute atomic E-state index is 12.9. The van der Waals surface area contributed by atoms with Crippen molar-refractivity contribution in [2.45, 2.75) is 18.4 Å². The zero-order chi connectivity index (χ0) is 15.1. The van der Waals surface area contributed by atoms with E-state index in [4.69, 9.17) is 0 Å². The summed E-state index contributed by atoms with van der Waals surface area (Å²) in [4.78, 5) is 0. The second-order valence-electron chi connectivity index (χ2n) is 4.81. The van der Waals surface area contributed by atoms with Gasteiger partial charge in [-0.15, -0.1) is 6.58 Å². The molecular weight excluding hydrogens is 263 g/mol. The molecule has 0 aromatic heterocycles. The van der Waals surface area contributed by atoms with Crippen molar-refractivity contribution in [3.05, 3.63) is 84.2 Å². The highest BCUT2D eigenvalue weighted by Crippen LogP contribution is 2.26. The minimum Gasteiger partial charge on any atom is -0.373 e. The molecule has 2 heteroatoms.